The topological polar surface area (TPSA) is 411 Å². The van der Waals surface area contributed by atoms with Crippen LogP contribution < -0.4 is 4.74 Å². The van der Waals surface area contributed by atoms with E-state index in [4.69, 9.17) is 4.74 Å². The molecular weight excluding hydrogens is 1040 g/mol. The van der Waals surface area contributed by atoms with Crippen LogP contribution in [0, 0.1) is 13.8 Å². The number of carbonyl (C=O) groups excluding carboxylic acids is 1. The van der Waals surface area contributed by atoms with E-state index in [1.54, 1.807) is 6.92 Å². The van der Waals surface area contributed by atoms with Gasteiger partial charge in [0, 0.05) is 22.6 Å². The molecule has 0 radical (unpaired) electrons. The highest BCUT2D eigenvalue weighted by atomic mass is 32.2. The van der Waals surface area contributed by atoms with Crippen LogP contribution in [0.5, 0.6) is 17.4 Å². The van der Waals surface area contributed by atoms with Crippen molar-refractivity contribution in [3.05, 3.63) is 65.9 Å². The van der Waals surface area contributed by atoms with E-state index in [9.17, 15) is 66.9 Å². The molecule has 0 atom stereocenters. The number of hydrogen-bond acceptors (Lipinski definition) is 24. The van der Waals surface area contributed by atoms with Gasteiger partial charge in [-0.05, 0) is 74.7 Å². The van der Waals surface area contributed by atoms with Gasteiger partial charge in [0.05, 0.1) is 40.9 Å². The van der Waals surface area contributed by atoms with Crippen molar-refractivity contribution in [1.82, 2.24) is 20.0 Å². The maximum absolute atomic E-state index is 12.8. The Balaban J connectivity index is 1.31. The van der Waals surface area contributed by atoms with Gasteiger partial charge < -0.3 is 19.7 Å². The predicted molar refractivity (Wildman–Crippen MR) is 243 cm³/mol. The number of aryl methyl sites for hydroxylation is 2. The number of ether oxygens (including phenoxy) is 2. The molecule has 69 heavy (non-hydrogen) atoms. The summed E-state index contributed by atoms with van der Waals surface area (Å²) >= 11 is 2.53. The second kappa shape index (κ2) is 21.1. The van der Waals surface area contributed by atoms with E-state index in [0.29, 0.717) is 39.3 Å². The summed E-state index contributed by atoms with van der Waals surface area (Å²) in [6, 6.07) is 9.39. The van der Waals surface area contributed by atoms with Crippen molar-refractivity contribution in [3.8, 4) is 23.1 Å². The third kappa shape index (κ3) is 13.0. The lowest BCUT2D eigenvalue weighted by Crippen LogP contribution is -2.09. The van der Waals surface area contributed by atoms with E-state index >= 15 is 0 Å². The monoisotopic (exact) mass is 1070 g/mol. The van der Waals surface area contributed by atoms with Gasteiger partial charge in [-0.15, -0.1) is 40.9 Å². The molecule has 2 heterocycles. The number of fused-ring (bicyclic) bond motifs is 1. The molecule has 0 saturated heterocycles. The zero-order chi connectivity index (χ0) is 50.5. The highest BCUT2D eigenvalue weighted by molar-refractivity contribution is 8.01. The number of rotatable bonds is 21. The quantitative estimate of drug-likeness (QED) is 0.0136. The Morgan fingerprint density at radius 3 is 2.09 bits per heavy atom. The van der Waals surface area contributed by atoms with Crippen LogP contribution in [0.3, 0.4) is 0 Å². The van der Waals surface area contributed by atoms with Crippen molar-refractivity contribution in [2.75, 3.05) is 24.7 Å². The van der Waals surface area contributed by atoms with Gasteiger partial charge in [-0.3, -0.25) is 23.0 Å². The Morgan fingerprint density at radius 2 is 1.41 bits per heavy atom. The number of nitrogens with zero attached hydrogens (tertiary/aromatic N) is 10. The number of phenolic OH excluding ortho intramolecular Hbond substituents is 1. The molecule has 366 valence electrons. The summed E-state index contributed by atoms with van der Waals surface area (Å²) in [5, 5.41) is 58.5. The summed E-state index contributed by atoms with van der Waals surface area (Å²) in [5.74, 6) is -1.55. The van der Waals surface area contributed by atoms with Crippen LogP contribution in [-0.4, -0.2) is 113 Å². The van der Waals surface area contributed by atoms with Gasteiger partial charge in [-0.2, -0.15) is 43.5 Å². The van der Waals surface area contributed by atoms with E-state index in [1.807, 2.05) is 0 Å². The number of benzene rings is 4. The van der Waals surface area contributed by atoms with Gasteiger partial charge in [0.25, 0.3) is 52.1 Å². The molecular formula is C36H34N10O17S6. The molecule has 0 unspecified atom stereocenters. The maximum atomic E-state index is 12.8. The largest absolute Gasteiger partial charge is 0.505 e. The average molecular weight is 1070 g/mol. The third-order valence-corrected chi connectivity index (χ3v) is 14.5. The van der Waals surface area contributed by atoms with E-state index in [2.05, 4.69) is 50.7 Å². The van der Waals surface area contributed by atoms with Crippen LogP contribution in [0.2, 0.25) is 0 Å². The summed E-state index contributed by atoms with van der Waals surface area (Å²) in [7, 11) is -19.7. The molecule has 6 aromatic rings. The minimum atomic E-state index is -5.21. The molecule has 0 fully saturated rings. The molecule has 0 aliphatic heterocycles. The standard InChI is InChI=1S/C36H34N10O17S6/c1-19-15-27(29(63-12-4-14-66(50,51)52)17-26(19)39-42-35-43-44-36(65-35)64-13-3-11-62-18-47)40-37-24-8-7-23-22(32(24)48)6-9-25(33(23)69(59,60)61)38-41-31-20(2)45-46(34(31)49)28-10-5-21(67(53,54)55)16-30(28)68(56,57)58/h5-10,15-18,48-49H,3-4,11-14H2,1-2H3,(H,50,51,52)(H,53,54,55)(H,56,57,58)(H,59,60,61). The van der Waals surface area contributed by atoms with Gasteiger partial charge in [0.2, 0.25) is 5.88 Å². The highest BCUT2D eigenvalue weighted by Gasteiger charge is 2.27. The Labute approximate surface area is 398 Å². The SMILES string of the molecule is Cc1cc(N=Nc2ccc3c(S(=O)(=O)O)c(N=Nc4c(C)nn(-c5ccc(S(=O)(=O)O)cc5S(=O)(=O)O)c4O)ccc3c2O)c(OCCCS(=O)(=O)O)cc1N=Nc1nnc(SCCCOC=O)s1. The minimum absolute atomic E-state index is 0.0179. The first kappa shape index (κ1) is 52.0. The molecule has 0 aliphatic carbocycles. The zero-order valence-electron chi connectivity index (χ0n) is 35.1. The molecule has 6 rings (SSSR count). The van der Waals surface area contributed by atoms with Crippen LogP contribution in [0.25, 0.3) is 16.5 Å². The summed E-state index contributed by atoms with van der Waals surface area (Å²) < 4.78 is 146. The zero-order valence-corrected chi connectivity index (χ0v) is 40.0. The molecule has 0 aliphatic rings. The smallest absolute Gasteiger partial charge is 0.297 e. The highest BCUT2D eigenvalue weighted by Crippen LogP contribution is 2.44. The first-order chi connectivity index (χ1) is 32.4. The summed E-state index contributed by atoms with van der Waals surface area (Å²) in [6.07, 6.45) is 0.460. The van der Waals surface area contributed by atoms with Gasteiger partial charge in [0.15, 0.2) is 15.8 Å². The molecule has 4 aromatic carbocycles. The predicted octanol–water partition coefficient (Wildman–Crippen LogP) is 7.20. The number of azo groups is 3. The fraction of sp³-hybridized carbons (Fsp3) is 0.222. The van der Waals surface area contributed by atoms with Gasteiger partial charge in [-0.1, -0.05) is 29.2 Å². The summed E-state index contributed by atoms with van der Waals surface area (Å²) in [4.78, 5) is 7.44. The number of thioether (sulfide) groups is 1. The Morgan fingerprint density at radius 1 is 0.725 bits per heavy atom. The lowest BCUT2D eigenvalue weighted by Gasteiger charge is -2.11. The number of aromatic nitrogens is 4. The second-order valence-electron chi connectivity index (χ2n) is 13.9. The van der Waals surface area contributed by atoms with Crippen LogP contribution in [0.4, 0.5) is 33.6 Å². The van der Waals surface area contributed by atoms with Crippen LogP contribution in [0.1, 0.15) is 24.1 Å². The molecule has 0 saturated carbocycles. The lowest BCUT2D eigenvalue weighted by atomic mass is 10.1. The van der Waals surface area contributed by atoms with Crippen molar-refractivity contribution in [2.45, 2.75) is 45.7 Å². The van der Waals surface area contributed by atoms with Crippen molar-refractivity contribution < 1.29 is 76.4 Å². The fourth-order valence-electron chi connectivity index (χ4n) is 5.94. The first-order valence-electron chi connectivity index (χ1n) is 19.0. The molecule has 0 bridgehead atoms. The van der Waals surface area contributed by atoms with E-state index in [1.165, 1.54) is 36.9 Å². The maximum Gasteiger partial charge on any atom is 0.297 e. The normalized spacial score (nSPS) is 12.8. The van der Waals surface area contributed by atoms with Crippen LogP contribution in [0.15, 0.2) is 104 Å². The molecule has 0 amide bonds. The fourth-order valence-corrected chi connectivity index (χ4v) is 10.2. The molecule has 6 N–H and O–H groups in total. The molecule has 0 spiro atoms. The Bertz CT molecular complexity index is 3530. The van der Waals surface area contributed by atoms with Crippen molar-refractivity contribution in [2.24, 2.45) is 30.7 Å². The lowest BCUT2D eigenvalue weighted by molar-refractivity contribution is -0.128. The molecule has 27 nitrogen and oxygen atoms in total. The van der Waals surface area contributed by atoms with E-state index < -0.39 is 89.6 Å². The van der Waals surface area contributed by atoms with E-state index in [0.717, 1.165) is 41.7 Å². The second-order valence-corrected chi connectivity index (χ2v) is 21.9. The van der Waals surface area contributed by atoms with Gasteiger partial charge in [-0.25, -0.2) is 0 Å². The van der Waals surface area contributed by atoms with Gasteiger partial charge >= 0.3 is 0 Å². The van der Waals surface area contributed by atoms with Crippen molar-refractivity contribution in [1.29, 1.82) is 0 Å². The Kier molecular flexibility index (Phi) is 15.9. The molecule has 33 heteroatoms. The van der Waals surface area contributed by atoms with Crippen molar-refractivity contribution in [3.63, 3.8) is 0 Å². The summed E-state index contributed by atoms with van der Waals surface area (Å²) in [6.45, 7) is 3.31. The number of aromatic hydroxyl groups is 2. The molecule has 2 aromatic heterocycles. The van der Waals surface area contributed by atoms with Crippen LogP contribution in [-0.2, 0) is 50.0 Å². The van der Waals surface area contributed by atoms with Crippen molar-refractivity contribution >= 4 is 114 Å². The average Bonchev–Trinajstić information content (AvgIpc) is 3.84. The first-order valence-corrected chi connectivity index (χ1v) is 26.7. The summed E-state index contributed by atoms with van der Waals surface area (Å²) in [5.41, 5.74) is -1.19. The van der Waals surface area contributed by atoms with Gasteiger partial charge in [0.1, 0.15) is 32.6 Å². The minimum Gasteiger partial charge on any atom is -0.505 e. The number of phenols is 1. The van der Waals surface area contributed by atoms with E-state index in [-0.39, 0.29) is 64.0 Å². The number of hydrogen-bond donors (Lipinski definition) is 6. The van der Waals surface area contributed by atoms with Crippen LogP contribution >= 0.6 is 23.1 Å². The third-order valence-electron chi connectivity index (χ3n) is 9.02. The number of carbonyl (C=O) groups is 1. The Hall–Kier alpha value is -6.43.